The average molecular weight is 407 g/mol. The molecule has 1 aliphatic rings. The third kappa shape index (κ3) is 5.64. The molecule has 8 heteroatoms. The number of anilines is 1. The van der Waals surface area contributed by atoms with Crippen LogP contribution < -0.4 is 21.3 Å². The molecule has 30 heavy (non-hydrogen) atoms. The second-order valence-electron chi connectivity index (χ2n) is 6.86. The van der Waals surface area contributed by atoms with Crippen LogP contribution >= 0.6 is 0 Å². The number of ketones is 1. The highest BCUT2D eigenvalue weighted by molar-refractivity contribution is 5.98. The van der Waals surface area contributed by atoms with Crippen LogP contribution in [-0.4, -0.2) is 67.2 Å². The van der Waals surface area contributed by atoms with E-state index in [1.54, 1.807) is 30.5 Å². The number of Topliss-reactive ketones (excluding diaryl/α,β-unsaturated/α-hetero) is 1. The van der Waals surface area contributed by atoms with Crippen LogP contribution in [0, 0.1) is 11.8 Å². The fourth-order valence-corrected chi connectivity index (χ4v) is 3.01. The number of nitrogens with two attached hydrogens (primary N) is 1. The number of carbonyl (C=O) groups is 2. The number of carbonyl (C=O) groups excluding carboxylic acids is 2. The highest BCUT2D eigenvalue weighted by Crippen LogP contribution is 2.11. The number of rotatable bonds is 6. The van der Waals surface area contributed by atoms with Crippen LogP contribution in [0.15, 0.2) is 42.6 Å². The number of pyridine rings is 1. The molecule has 0 saturated carbocycles. The molecule has 5 N–H and O–H groups in total. The topological polar surface area (TPSA) is 121 Å². The molecule has 1 saturated heterocycles. The van der Waals surface area contributed by atoms with Crippen molar-refractivity contribution in [2.75, 3.05) is 44.2 Å². The molecule has 2 aromatic rings. The summed E-state index contributed by atoms with van der Waals surface area (Å²) in [5, 5.41) is 14.7. The Morgan fingerprint density at radius 3 is 2.40 bits per heavy atom. The van der Waals surface area contributed by atoms with Crippen molar-refractivity contribution in [3.63, 3.8) is 0 Å². The lowest BCUT2D eigenvalue weighted by atomic mass is 10.1. The minimum Gasteiger partial charge on any atom is -0.388 e. The standard InChI is InChI=1S/C22H25N5O3/c23-13-19(20(29)15-28)26-22(30)18-6-3-16(4-7-18)1-2-17-5-8-21(25-14-17)27-11-9-24-10-12-27/h3-8,14,19,24,28H,9-13,15,23H2,(H,26,30)/t19-/m0/s1. The number of aliphatic hydroxyl groups is 1. The molecule has 1 aliphatic heterocycles. The average Bonchev–Trinajstić information content (AvgIpc) is 2.81. The van der Waals surface area contributed by atoms with Gasteiger partial charge >= 0.3 is 0 Å². The third-order valence-corrected chi connectivity index (χ3v) is 4.77. The van der Waals surface area contributed by atoms with Crippen molar-refractivity contribution in [3.8, 4) is 11.8 Å². The van der Waals surface area contributed by atoms with E-state index in [1.807, 2.05) is 12.1 Å². The van der Waals surface area contributed by atoms with Crippen LogP contribution in [-0.2, 0) is 4.79 Å². The van der Waals surface area contributed by atoms with E-state index in [0.717, 1.165) is 43.1 Å². The first kappa shape index (κ1) is 21.5. The van der Waals surface area contributed by atoms with E-state index in [1.165, 1.54) is 0 Å². The van der Waals surface area contributed by atoms with Crippen molar-refractivity contribution >= 4 is 17.5 Å². The van der Waals surface area contributed by atoms with E-state index in [9.17, 15) is 9.59 Å². The van der Waals surface area contributed by atoms with Crippen molar-refractivity contribution in [3.05, 3.63) is 59.3 Å². The van der Waals surface area contributed by atoms with Crippen molar-refractivity contribution in [2.45, 2.75) is 6.04 Å². The number of benzene rings is 1. The Morgan fingerprint density at radius 2 is 1.80 bits per heavy atom. The summed E-state index contributed by atoms with van der Waals surface area (Å²) in [6, 6.07) is 9.74. The Labute approximate surface area is 175 Å². The maximum absolute atomic E-state index is 12.2. The number of nitrogens with zero attached hydrogens (tertiary/aromatic N) is 2. The molecule has 1 aromatic heterocycles. The number of aromatic nitrogens is 1. The molecular formula is C22H25N5O3. The van der Waals surface area contributed by atoms with E-state index < -0.39 is 24.3 Å². The van der Waals surface area contributed by atoms with E-state index in [0.29, 0.717) is 5.56 Å². The van der Waals surface area contributed by atoms with Gasteiger partial charge in [-0.05, 0) is 36.4 Å². The van der Waals surface area contributed by atoms with Gasteiger partial charge in [0, 0.05) is 55.6 Å². The Balaban J connectivity index is 1.61. The summed E-state index contributed by atoms with van der Waals surface area (Å²) in [4.78, 5) is 30.5. The van der Waals surface area contributed by atoms with Gasteiger partial charge in [0.2, 0.25) is 0 Å². The SMILES string of the molecule is NC[C@H](NC(=O)c1ccc(C#Cc2ccc(N3CCNCC3)nc2)cc1)C(=O)CO. The highest BCUT2D eigenvalue weighted by atomic mass is 16.3. The lowest BCUT2D eigenvalue weighted by molar-refractivity contribution is -0.123. The van der Waals surface area contributed by atoms with Gasteiger partial charge in [-0.25, -0.2) is 4.98 Å². The van der Waals surface area contributed by atoms with Gasteiger partial charge in [0.15, 0.2) is 5.78 Å². The van der Waals surface area contributed by atoms with Crippen LogP contribution in [0.2, 0.25) is 0 Å². The van der Waals surface area contributed by atoms with Crippen LogP contribution in [0.3, 0.4) is 0 Å². The molecule has 2 heterocycles. The zero-order valence-electron chi connectivity index (χ0n) is 16.6. The lowest BCUT2D eigenvalue weighted by Crippen LogP contribution is -2.46. The smallest absolute Gasteiger partial charge is 0.251 e. The van der Waals surface area contributed by atoms with Gasteiger partial charge in [-0.2, -0.15) is 0 Å². The normalized spacial score (nSPS) is 14.4. The zero-order chi connectivity index (χ0) is 21.3. The summed E-state index contributed by atoms with van der Waals surface area (Å²) in [5.74, 6) is 6.12. The predicted molar refractivity (Wildman–Crippen MR) is 114 cm³/mol. The van der Waals surface area contributed by atoms with Crippen molar-refractivity contribution in [2.24, 2.45) is 5.73 Å². The van der Waals surface area contributed by atoms with E-state index in [-0.39, 0.29) is 6.54 Å². The van der Waals surface area contributed by atoms with Crippen LogP contribution in [0.25, 0.3) is 0 Å². The van der Waals surface area contributed by atoms with Gasteiger partial charge in [0.25, 0.3) is 5.91 Å². The number of hydrogen-bond acceptors (Lipinski definition) is 7. The highest BCUT2D eigenvalue weighted by Gasteiger charge is 2.18. The first-order valence-electron chi connectivity index (χ1n) is 9.79. The predicted octanol–water partition coefficient (Wildman–Crippen LogP) is -0.490. The number of nitrogens with one attached hydrogen (secondary N) is 2. The second kappa shape index (κ2) is 10.5. The molecule has 1 fully saturated rings. The molecule has 8 nitrogen and oxygen atoms in total. The second-order valence-corrected chi connectivity index (χ2v) is 6.86. The summed E-state index contributed by atoms with van der Waals surface area (Å²) in [7, 11) is 0. The number of amides is 1. The van der Waals surface area contributed by atoms with Crippen LogP contribution in [0.1, 0.15) is 21.5 Å². The molecule has 1 amide bonds. The molecular weight excluding hydrogens is 382 g/mol. The maximum Gasteiger partial charge on any atom is 0.251 e. The third-order valence-electron chi connectivity index (χ3n) is 4.77. The first-order valence-corrected chi connectivity index (χ1v) is 9.79. The Hall–Kier alpha value is -3.25. The van der Waals surface area contributed by atoms with Gasteiger partial charge < -0.3 is 26.4 Å². The Kier molecular flexibility index (Phi) is 7.51. The maximum atomic E-state index is 12.2. The molecule has 156 valence electrons. The van der Waals surface area contributed by atoms with Gasteiger partial charge in [-0.3, -0.25) is 9.59 Å². The molecule has 1 atom stereocenters. The summed E-state index contributed by atoms with van der Waals surface area (Å²) in [5.41, 5.74) is 7.41. The number of piperazine rings is 1. The molecule has 0 bridgehead atoms. The molecule has 3 rings (SSSR count). The van der Waals surface area contributed by atoms with Crippen molar-refractivity contribution in [1.82, 2.24) is 15.6 Å². The zero-order valence-corrected chi connectivity index (χ0v) is 16.6. The fraction of sp³-hybridized carbons (Fsp3) is 0.318. The molecule has 0 unspecified atom stereocenters. The Bertz CT molecular complexity index is 926. The largest absolute Gasteiger partial charge is 0.388 e. The van der Waals surface area contributed by atoms with Crippen LogP contribution in [0.5, 0.6) is 0 Å². The monoisotopic (exact) mass is 407 g/mol. The summed E-state index contributed by atoms with van der Waals surface area (Å²) < 4.78 is 0. The molecule has 0 aliphatic carbocycles. The van der Waals surface area contributed by atoms with Gasteiger partial charge in [0.1, 0.15) is 18.5 Å². The van der Waals surface area contributed by atoms with Crippen LogP contribution in [0.4, 0.5) is 5.82 Å². The summed E-state index contributed by atoms with van der Waals surface area (Å²) in [6.07, 6.45) is 1.76. The summed E-state index contributed by atoms with van der Waals surface area (Å²) >= 11 is 0. The van der Waals surface area contributed by atoms with E-state index in [4.69, 9.17) is 10.8 Å². The van der Waals surface area contributed by atoms with Crippen molar-refractivity contribution in [1.29, 1.82) is 0 Å². The van der Waals surface area contributed by atoms with Gasteiger partial charge in [-0.1, -0.05) is 11.8 Å². The van der Waals surface area contributed by atoms with Crippen molar-refractivity contribution < 1.29 is 14.7 Å². The molecule has 0 spiro atoms. The lowest BCUT2D eigenvalue weighted by Gasteiger charge is -2.28. The van der Waals surface area contributed by atoms with Gasteiger partial charge in [-0.15, -0.1) is 0 Å². The van der Waals surface area contributed by atoms with Gasteiger partial charge in [0.05, 0.1) is 0 Å². The molecule has 0 radical (unpaired) electrons. The minimum absolute atomic E-state index is 0.0732. The molecule has 1 aromatic carbocycles. The summed E-state index contributed by atoms with van der Waals surface area (Å²) in [6.45, 7) is 3.07. The number of hydrogen-bond donors (Lipinski definition) is 4. The Morgan fingerprint density at radius 1 is 1.13 bits per heavy atom. The quantitative estimate of drug-likeness (QED) is 0.477. The first-order chi connectivity index (χ1) is 14.6. The fourth-order valence-electron chi connectivity index (χ4n) is 3.01. The number of aliphatic hydroxyl groups excluding tert-OH is 1. The van der Waals surface area contributed by atoms with E-state index >= 15 is 0 Å². The van der Waals surface area contributed by atoms with E-state index in [2.05, 4.69) is 32.4 Å². The minimum atomic E-state index is -0.904.